The minimum Gasteiger partial charge on any atom is -0.364 e. The number of H-pyrrole nitrogens is 1. The van der Waals surface area contributed by atoms with Gasteiger partial charge < -0.3 is 10.7 Å². The third-order valence-electron chi connectivity index (χ3n) is 3.48. The first-order valence-corrected chi connectivity index (χ1v) is 9.39. The van der Waals surface area contributed by atoms with Crippen LogP contribution in [-0.4, -0.2) is 26.8 Å². The minimum absolute atomic E-state index is 0.204. The number of aromatic nitrogens is 3. The Labute approximate surface area is 152 Å². The number of rotatable bonds is 6. The summed E-state index contributed by atoms with van der Waals surface area (Å²) in [6.07, 6.45) is 3.52. The van der Waals surface area contributed by atoms with Gasteiger partial charge in [0.2, 0.25) is 0 Å². The molecule has 3 aromatic rings. The van der Waals surface area contributed by atoms with Crippen LogP contribution in [0.25, 0.3) is 11.3 Å². The number of aryl methyl sites for hydroxylation is 2. The van der Waals surface area contributed by atoms with Crippen LogP contribution in [0, 0.1) is 6.92 Å². The minimum atomic E-state index is -0.529. The van der Waals surface area contributed by atoms with Gasteiger partial charge in [-0.1, -0.05) is 6.92 Å². The smallest absolute Gasteiger partial charge is 0.269 e. The molecular weight excluding hydrogens is 358 g/mol. The van der Waals surface area contributed by atoms with Gasteiger partial charge in [0.1, 0.15) is 10.6 Å². The van der Waals surface area contributed by atoms with E-state index in [0.29, 0.717) is 21.4 Å². The molecule has 3 heterocycles. The molecule has 0 spiro atoms. The van der Waals surface area contributed by atoms with Gasteiger partial charge in [-0.25, -0.2) is 9.97 Å². The fourth-order valence-corrected chi connectivity index (χ4v) is 4.06. The second-order valence-electron chi connectivity index (χ2n) is 5.43. The number of aromatic amines is 1. The fraction of sp³-hybridized carbons (Fsp3) is 0.250. The Kier molecular flexibility index (Phi) is 4.95. The average Bonchev–Trinajstić information content (AvgIpc) is 3.26. The average molecular weight is 375 g/mol. The van der Waals surface area contributed by atoms with E-state index < -0.39 is 5.91 Å². The fourth-order valence-electron chi connectivity index (χ4n) is 2.29. The first-order chi connectivity index (χ1) is 12.0. The molecule has 9 heteroatoms. The molecule has 3 aromatic heterocycles. The third-order valence-corrected chi connectivity index (χ3v) is 5.45. The lowest BCUT2D eigenvalue weighted by molar-refractivity contribution is 0.0994. The SMILES string of the molecule is CCCc1nc(C)c(C(=O)Nc2nc(-c3c[nH]c(C(N)=O)c3)cs2)s1. The number of nitrogens with two attached hydrogens (primary N) is 1. The van der Waals surface area contributed by atoms with E-state index in [1.54, 1.807) is 12.3 Å². The summed E-state index contributed by atoms with van der Waals surface area (Å²) in [4.78, 5) is 35.8. The van der Waals surface area contributed by atoms with E-state index >= 15 is 0 Å². The van der Waals surface area contributed by atoms with Crippen molar-refractivity contribution >= 4 is 39.6 Å². The molecule has 0 saturated heterocycles. The van der Waals surface area contributed by atoms with Crippen LogP contribution in [0.2, 0.25) is 0 Å². The quantitative estimate of drug-likeness (QED) is 0.614. The van der Waals surface area contributed by atoms with Crippen LogP contribution in [0.15, 0.2) is 17.6 Å². The summed E-state index contributed by atoms with van der Waals surface area (Å²) in [6, 6.07) is 1.63. The maximum atomic E-state index is 12.5. The van der Waals surface area contributed by atoms with Crippen molar-refractivity contribution in [3.8, 4) is 11.3 Å². The molecule has 25 heavy (non-hydrogen) atoms. The zero-order valence-corrected chi connectivity index (χ0v) is 15.4. The molecule has 0 atom stereocenters. The van der Waals surface area contributed by atoms with Crippen molar-refractivity contribution in [1.29, 1.82) is 0 Å². The van der Waals surface area contributed by atoms with Crippen molar-refractivity contribution < 1.29 is 9.59 Å². The molecule has 0 aliphatic carbocycles. The number of thiazole rings is 2. The topological polar surface area (TPSA) is 114 Å². The van der Waals surface area contributed by atoms with Crippen LogP contribution < -0.4 is 11.1 Å². The molecule has 7 nitrogen and oxygen atoms in total. The molecule has 4 N–H and O–H groups in total. The summed E-state index contributed by atoms with van der Waals surface area (Å²) in [5.74, 6) is -0.733. The molecule has 2 amide bonds. The summed E-state index contributed by atoms with van der Waals surface area (Å²) in [5, 5.41) is 6.08. The molecule has 0 fully saturated rings. The largest absolute Gasteiger partial charge is 0.364 e. The highest BCUT2D eigenvalue weighted by atomic mass is 32.1. The molecule has 0 bridgehead atoms. The Balaban J connectivity index is 1.74. The van der Waals surface area contributed by atoms with E-state index in [1.807, 2.05) is 12.3 Å². The summed E-state index contributed by atoms with van der Waals surface area (Å²) < 4.78 is 0. The van der Waals surface area contributed by atoms with Gasteiger partial charge >= 0.3 is 0 Å². The second-order valence-corrected chi connectivity index (χ2v) is 7.37. The van der Waals surface area contributed by atoms with E-state index in [0.717, 1.165) is 29.1 Å². The van der Waals surface area contributed by atoms with E-state index in [4.69, 9.17) is 5.73 Å². The molecule has 0 aliphatic rings. The van der Waals surface area contributed by atoms with Crippen LogP contribution in [0.1, 0.15) is 44.2 Å². The summed E-state index contributed by atoms with van der Waals surface area (Å²) >= 11 is 2.74. The van der Waals surface area contributed by atoms with Crippen molar-refractivity contribution in [2.75, 3.05) is 5.32 Å². The zero-order valence-electron chi connectivity index (χ0n) is 13.8. The first kappa shape index (κ1) is 17.3. The molecular formula is C16H17N5O2S2. The van der Waals surface area contributed by atoms with Crippen molar-refractivity contribution in [1.82, 2.24) is 15.0 Å². The normalized spacial score (nSPS) is 10.8. The van der Waals surface area contributed by atoms with Gasteiger partial charge in [-0.15, -0.1) is 22.7 Å². The van der Waals surface area contributed by atoms with Gasteiger partial charge in [-0.05, 0) is 25.8 Å². The number of primary amides is 1. The van der Waals surface area contributed by atoms with Gasteiger partial charge in [-0.2, -0.15) is 0 Å². The van der Waals surface area contributed by atoms with Gasteiger partial charge in [0, 0.05) is 17.1 Å². The standard InChI is InChI=1S/C16H17N5O2S2/c1-3-4-12-19-8(2)13(25-12)15(23)21-16-20-11(7-24-16)9-5-10(14(17)22)18-6-9/h5-7,18H,3-4H2,1-2H3,(H2,17,22)(H,20,21,23). The van der Waals surface area contributed by atoms with Gasteiger partial charge in [0.05, 0.1) is 16.4 Å². The van der Waals surface area contributed by atoms with E-state index in [9.17, 15) is 9.59 Å². The van der Waals surface area contributed by atoms with Gasteiger partial charge in [-0.3, -0.25) is 14.9 Å². The molecule has 0 unspecified atom stereocenters. The molecule has 0 aliphatic heterocycles. The highest BCUT2D eigenvalue weighted by molar-refractivity contribution is 7.15. The highest BCUT2D eigenvalue weighted by Crippen LogP contribution is 2.27. The Hall–Kier alpha value is -2.52. The molecule has 0 aromatic carbocycles. The van der Waals surface area contributed by atoms with E-state index in [1.165, 1.54) is 22.7 Å². The summed E-state index contributed by atoms with van der Waals surface area (Å²) in [5.41, 5.74) is 7.69. The molecule has 130 valence electrons. The van der Waals surface area contributed by atoms with Crippen molar-refractivity contribution in [3.63, 3.8) is 0 Å². The van der Waals surface area contributed by atoms with Crippen LogP contribution >= 0.6 is 22.7 Å². The van der Waals surface area contributed by atoms with E-state index in [-0.39, 0.29) is 5.91 Å². The Morgan fingerprint density at radius 2 is 2.16 bits per heavy atom. The summed E-state index contributed by atoms with van der Waals surface area (Å²) in [6.45, 7) is 3.92. The number of nitrogens with zero attached hydrogens (tertiary/aromatic N) is 2. The lowest BCUT2D eigenvalue weighted by atomic mass is 10.2. The third kappa shape index (κ3) is 3.77. The van der Waals surface area contributed by atoms with Crippen LogP contribution in [0.5, 0.6) is 0 Å². The predicted octanol–water partition coefficient (Wildman–Crippen LogP) is 3.21. The van der Waals surface area contributed by atoms with Crippen LogP contribution in [-0.2, 0) is 6.42 Å². The van der Waals surface area contributed by atoms with Crippen molar-refractivity contribution in [3.05, 3.63) is 38.9 Å². The van der Waals surface area contributed by atoms with Crippen molar-refractivity contribution in [2.24, 2.45) is 5.73 Å². The number of amides is 2. The molecule has 0 radical (unpaired) electrons. The lowest BCUT2D eigenvalue weighted by Crippen LogP contribution is -2.11. The second kappa shape index (κ2) is 7.16. The predicted molar refractivity (Wildman–Crippen MR) is 99.2 cm³/mol. The maximum absolute atomic E-state index is 12.5. The summed E-state index contributed by atoms with van der Waals surface area (Å²) in [7, 11) is 0. The number of hydrogen-bond acceptors (Lipinski definition) is 6. The molecule has 3 rings (SSSR count). The number of anilines is 1. The van der Waals surface area contributed by atoms with Crippen molar-refractivity contribution in [2.45, 2.75) is 26.7 Å². The number of carbonyl (C=O) groups is 2. The lowest BCUT2D eigenvalue weighted by Gasteiger charge is -1.99. The van der Waals surface area contributed by atoms with Gasteiger partial charge in [0.15, 0.2) is 5.13 Å². The number of carbonyl (C=O) groups excluding carboxylic acids is 2. The number of hydrogen-bond donors (Lipinski definition) is 3. The molecule has 0 saturated carbocycles. The Morgan fingerprint density at radius 1 is 1.36 bits per heavy atom. The maximum Gasteiger partial charge on any atom is 0.269 e. The van der Waals surface area contributed by atoms with E-state index in [2.05, 4.69) is 27.2 Å². The monoisotopic (exact) mass is 375 g/mol. The Bertz CT molecular complexity index is 925. The highest BCUT2D eigenvalue weighted by Gasteiger charge is 2.17. The first-order valence-electron chi connectivity index (χ1n) is 7.69. The van der Waals surface area contributed by atoms with Gasteiger partial charge in [0.25, 0.3) is 11.8 Å². The van der Waals surface area contributed by atoms with Crippen LogP contribution in [0.3, 0.4) is 0 Å². The Morgan fingerprint density at radius 3 is 2.84 bits per heavy atom. The zero-order chi connectivity index (χ0) is 18.0. The number of nitrogens with one attached hydrogen (secondary N) is 2. The van der Waals surface area contributed by atoms with Crippen LogP contribution in [0.4, 0.5) is 5.13 Å².